The lowest BCUT2D eigenvalue weighted by Crippen LogP contribution is -2.24. The molecule has 170 valence electrons. The van der Waals surface area contributed by atoms with Crippen molar-refractivity contribution in [2.24, 2.45) is 10.1 Å². The number of esters is 1. The highest BCUT2D eigenvalue weighted by Crippen LogP contribution is 2.29. The molecule has 4 rings (SSSR count). The summed E-state index contributed by atoms with van der Waals surface area (Å²) in [6, 6.07) is 11.8. The molecule has 0 saturated heterocycles. The summed E-state index contributed by atoms with van der Waals surface area (Å²) in [7, 11) is 0. The smallest absolute Gasteiger partial charge is 0.361 e. The molecule has 1 aliphatic rings. The number of anilines is 1. The van der Waals surface area contributed by atoms with Gasteiger partial charge in [-0.25, -0.2) is 19.4 Å². The first kappa shape index (κ1) is 22.4. The average Bonchev–Trinajstić information content (AvgIpc) is 3.34. The van der Waals surface area contributed by atoms with Gasteiger partial charge in [0.05, 0.1) is 23.7 Å². The average molecular weight is 445 g/mol. The molecule has 0 amide bonds. The van der Waals surface area contributed by atoms with Gasteiger partial charge in [-0.3, -0.25) is 4.98 Å². The van der Waals surface area contributed by atoms with Crippen LogP contribution in [0.5, 0.6) is 0 Å². The molecule has 3 heterocycles. The van der Waals surface area contributed by atoms with E-state index in [2.05, 4.69) is 34.9 Å². The van der Waals surface area contributed by atoms with E-state index in [-0.39, 0.29) is 12.3 Å². The van der Waals surface area contributed by atoms with E-state index in [1.165, 1.54) is 0 Å². The molecule has 0 bridgehead atoms. The summed E-state index contributed by atoms with van der Waals surface area (Å²) in [5, 5.41) is 4.52. The molecule has 0 radical (unpaired) electrons. The van der Waals surface area contributed by atoms with Crippen LogP contribution in [0.2, 0.25) is 0 Å². The fourth-order valence-electron chi connectivity index (χ4n) is 3.88. The largest absolute Gasteiger partial charge is 0.461 e. The number of imidazole rings is 1. The number of ether oxygens (including phenoxy) is 1. The summed E-state index contributed by atoms with van der Waals surface area (Å²) in [6.07, 6.45) is 1.72. The first-order chi connectivity index (χ1) is 16.0. The van der Waals surface area contributed by atoms with Gasteiger partial charge >= 0.3 is 5.97 Å². The SMILES string of the molecule is CCOC(=O)C1=Nn2c(nc(-c3ccccn3)c2C)C1=Nc1ccc(N(CC)CC)cc1C. The van der Waals surface area contributed by atoms with E-state index >= 15 is 0 Å². The third-order valence-electron chi connectivity index (χ3n) is 5.63. The fraction of sp³-hybridized carbons (Fsp3) is 0.320. The first-order valence-corrected chi connectivity index (χ1v) is 11.2. The Morgan fingerprint density at radius 2 is 1.91 bits per heavy atom. The maximum Gasteiger partial charge on any atom is 0.361 e. The van der Waals surface area contributed by atoms with Crippen LogP contribution in [0, 0.1) is 13.8 Å². The van der Waals surface area contributed by atoms with Crippen LogP contribution in [0.3, 0.4) is 0 Å². The fourth-order valence-corrected chi connectivity index (χ4v) is 3.88. The maximum atomic E-state index is 12.7. The van der Waals surface area contributed by atoms with Crippen molar-refractivity contribution in [3.8, 4) is 11.4 Å². The molecule has 0 aliphatic carbocycles. The second-order valence-corrected chi connectivity index (χ2v) is 7.67. The minimum atomic E-state index is -0.516. The molecule has 3 aromatic rings. The summed E-state index contributed by atoms with van der Waals surface area (Å²) in [6.45, 7) is 12.1. The Morgan fingerprint density at radius 1 is 1.12 bits per heavy atom. The van der Waals surface area contributed by atoms with Gasteiger partial charge in [0.25, 0.3) is 0 Å². The molecule has 0 N–H and O–H groups in total. The Kier molecular flexibility index (Phi) is 6.35. The standard InChI is InChI=1S/C25H28N6O2/c1-6-30(7-2)18-12-13-19(16(4)15-18)27-22-23(25(32)33-8-3)29-31-17(5)21(28-24(22)31)20-11-9-10-14-26-20/h9-15H,6-8H2,1-5H3. The highest BCUT2D eigenvalue weighted by atomic mass is 16.5. The predicted molar refractivity (Wildman–Crippen MR) is 131 cm³/mol. The minimum Gasteiger partial charge on any atom is -0.461 e. The molecule has 0 saturated carbocycles. The van der Waals surface area contributed by atoms with Crippen LogP contribution in [0.15, 0.2) is 52.7 Å². The van der Waals surface area contributed by atoms with Crippen molar-refractivity contribution in [1.82, 2.24) is 14.6 Å². The van der Waals surface area contributed by atoms with Gasteiger partial charge in [-0.1, -0.05) is 6.07 Å². The molecular formula is C25H28N6O2. The van der Waals surface area contributed by atoms with E-state index < -0.39 is 5.97 Å². The van der Waals surface area contributed by atoms with Gasteiger partial charge in [0.2, 0.25) is 0 Å². The van der Waals surface area contributed by atoms with E-state index in [0.29, 0.717) is 17.2 Å². The van der Waals surface area contributed by atoms with E-state index in [1.54, 1.807) is 17.8 Å². The van der Waals surface area contributed by atoms with E-state index in [4.69, 9.17) is 14.7 Å². The van der Waals surface area contributed by atoms with E-state index in [9.17, 15) is 4.79 Å². The number of nitrogens with zero attached hydrogens (tertiary/aromatic N) is 6. The number of hydrogen-bond donors (Lipinski definition) is 0. The van der Waals surface area contributed by atoms with Crippen LogP contribution in [-0.2, 0) is 9.53 Å². The third kappa shape index (κ3) is 4.16. The van der Waals surface area contributed by atoms with Crippen molar-refractivity contribution in [3.05, 3.63) is 59.7 Å². The molecule has 8 heteroatoms. The first-order valence-electron chi connectivity index (χ1n) is 11.2. The van der Waals surface area contributed by atoms with Gasteiger partial charge < -0.3 is 9.64 Å². The zero-order chi connectivity index (χ0) is 23.5. The number of fused-ring (bicyclic) bond motifs is 1. The number of aliphatic imine (C=N–C) groups is 1. The van der Waals surface area contributed by atoms with Gasteiger partial charge in [-0.05, 0) is 70.5 Å². The molecule has 0 atom stereocenters. The van der Waals surface area contributed by atoms with Crippen LogP contribution in [0.1, 0.15) is 37.9 Å². The number of hydrogen-bond acceptors (Lipinski definition) is 7. The number of pyridine rings is 1. The molecule has 8 nitrogen and oxygen atoms in total. The van der Waals surface area contributed by atoms with E-state index in [0.717, 1.165) is 41.4 Å². The van der Waals surface area contributed by atoms with Crippen LogP contribution in [-0.4, -0.2) is 51.7 Å². The highest BCUT2D eigenvalue weighted by Gasteiger charge is 2.34. The van der Waals surface area contributed by atoms with Crippen molar-refractivity contribution in [3.63, 3.8) is 0 Å². The molecule has 1 aromatic carbocycles. The molecule has 2 aromatic heterocycles. The van der Waals surface area contributed by atoms with Gasteiger partial charge in [0, 0.05) is 25.0 Å². The Bertz CT molecular complexity index is 1240. The second-order valence-electron chi connectivity index (χ2n) is 7.67. The third-order valence-corrected chi connectivity index (χ3v) is 5.63. The van der Waals surface area contributed by atoms with Crippen LogP contribution in [0.4, 0.5) is 11.4 Å². The molecule has 0 fully saturated rings. The normalized spacial score (nSPS) is 13.7. The van der Waals surface area contributed by atoms with Crippen molar-refractivity contribution in [1.29, 1.82) is 0 Å². The van der Waals surface area contributed by atoms with Crippen molar-refractivity contribution < 1.29 is 9.53 Å². The summed E-state index contributed by atoms with van der Waals surface area (Å²) >= 11 is 0. The summed E-state index contributed by atoms with van der Waals surface area (Å²) in [5.74, 6) is -0.0126. The van der Waals surface area contributed by atoms with Crippen LogP contribution in [0.25, 0.3) is 11.4 Å². The molecule has 33 heavy (non-hydrogen) atoms. The minimum absolute atomic E-state index is 0.155. The molecular weight excluding hydrogens is 416 g/mol. The number of benzene rings is 1. The second kappa shape index (κ2) is 9.36. The summed E-state index contributed by atoms with van der Waals surface area (Å²) in [4.78, 5) is 29.0. The Labute approximate surface area is 193 Å². The highest BCUT2D eigenvalue weighted by molar-refractivity contribution is 6.69. The lowest BCUT2D eigenvalue weighted by Gasteiger charge is -2.21. The van der Waals surface area contributed by atoms with Gasteiger partial charge in [-0.2, -0.15) is 5.10 Å². The molecule has 1 aliphatic heterocycles. The zero-order valence-electron chi connectivity index (χ0n) is 19.7. The van der Waals surface area contributed by atoms with Crippen LogP contribution >= 0.6 is 0 Å². The summed E-state index contributed by atoms with van der Waals surface area (Å²) < 4.78 is 6.90. The topological polar surface area (TPSA) is 85.0 Å². The number of aromatic nitrogens is 3. The maximum absolute atomic E-state index is 12.7. The Balaban J connectivity index is 1.82. The zero-order valence-corrected chi connectivity index (χ0v) is 19.7. The Hall–Kier alpha value is -3.81. The lowest BCUT2D eigenvalue weighted by atomic mass is 10.1. The van der Waals surface area contributed by atoms with E-state index in [1.807, 2.05) is 44.2 Å². The Morgan fingerprint density at radius 3 is 2.55 bits per heavy atom. The van der Waals surface area contributed by atoms with Gasteiger partial charge in [-0.15, -0.1) is 0 Å². The lowest BCUT2D eigenvalue weighted by molar-refractivity contribution is -0.134. The summed E-state index contributed by atoms with van der Waals surface area (Å²) in [5.41, 5.74) is 5.68. The number of aryl methyl sites for hydroxylation is 1. The number of carbonyl (C=O) groups excluding carboxylic acids is 1. The van der Waals surface area contributed by atoms with Crippen molar-refractivity contribution in [2.75, 3.05) is 24.6 Å². The number of rotatable bonds is 7. The molecule has 0 spiro atoms. The monoisotopic (exact) mass is 444 g/mol. The van der Waals surface area contributed by atoms with Crippen LogP contribution < -0.4 is 4.90 Å². The van der Waals surface area contributed by atoms with Crippen molar-refractivity contribution >= 4 is 28.8 Å². The molecule has 0 unspecified atom stereocenters. The quantitative estimate of drug-likeness (QED) is 0.507. The van der Waals surface area contributed by atoms with Gasteiger partial charge in [0.15, 0.2) is 11.5 Å². The van der Waals surface area contributed by atoms with Gasteiger partial charge in [0.1, 0.15) is 11.4 Å². The predicted octanol–water partition coefficient (Wildman–Crippen LogP) is 4.31. The van der Waals surface area contributed by atoms with Crippen molar-refractivity contribution in [2.45, 2.75) is 34.6 Å². The number of carbonyl (C=O) groups is 1.